The molecule has 7 heteroatoms. The van der Waals surface area contributed by atoms with Crippen LogP contribution in [0.4, 0.5) is 14.5 Å². The first-order valence-corrected chi connectivity index (χ1v) is 8.67. The molecule has 1 atom stereocenters. The molecule has 1 heterocycles. The zero-order valence-electron chi connectivity index (χ0n) is 14.3. The zero-order chi connectivity index (χ0) is 18.0. The highest BCUT2D eigenvalue weighted by Gasteiger charge is 2.62. The van der Waals surface area contributed by atoms with E-state index < -0.39 is 17.7 Å². The molecule has 5 nitrogen and oxygen atoms in total. The second-order valence-electron chi connectivity index (χ2n) is 6.72. The Morgan fingerprint density at radius 1 is 1.16 bits per heavy atom. The Morgan fingerprint density at radius 2 is 1.76 bits per heavy atom. The van der Waals surface area contributed by atoms with Crippen molar-refractivity contribution < 1.29 is 18.4 Å². The highest BCUT2D eigenvalue weighted by Crippen LogP contribution is 2.49. The van der Waals surface area contributed by atoms with Crippen LogP contribution < -0.4 is 5.32 Å². The molecule has 2 amide bonds. The number of carbonyl (C=O) groups excluding carboxylic acids is 2. The summed E-state index contributed by atoms with van der Waals surface area (Å²) >= 11 is 0. The van der Waals surface area contributed by atoms with E-state index in [2.05, 4.69) is 12.2 Å². The number of rotatable bonds is 5. The lowest BCUT2D eigenvalue weighted by molar-refractivity contribution is -0.136. The molecule has 1 unspecified atom stereocenters. The predicted octanol–water partition coefficient (Wildman–Crippen LogP) is 1.99. The quantitative estimate of drug-likeness (QED) is 0.883. The Bertz CT molecular complexity index is 640. The molecule has 1 aliphatic heterocycles. The Morgan fingerprint density at radius 3 is 2.28 bits per heavy atom. The van der Waals surface area contributed by atoms with E-state index in [4.69, 9.17) is 0 Å². The van der Waals surface area contributed by atoms with Crippen molar-refractivity contribution in [1.29, 1.82) is 0 Å². The minimum Gasteiger partial charge on any atom is -0.340 e. The van der Waals surface area contributed by atoms with Crippen LogP contribution in [0.2, 0.25) is 0 Å². The zero-order valence-corrected chi connectivity index (χ0v) is 14.3. The first-order valence-electron chi connectivity index (χ1n) is 8.67. The minimum atomic E-state index is -2.82. The van der Waals surface area contributed by atoms with Crippen LogP contribution >= 0.6 is 0 Å². The van der Waals surface area contributed by atoms with E-state index >= 15 is 0 Å². The number of benzene rings is 1. The molecule has 1 N–H and O–H groups in total. The Kier molecular flexibility index (Phi) is 5.03. The third kappa shape index (κ3) is 4.34. The van der Waals surface area contributed by atoms with Gasteiger partial charge in [0.2, 0.25) is 11.8 Å². The fourth-order valence-corrected chi connectivity index (χ4v) is 3.06. The molecule has 2 fully saturated rings. The van der Waals surface area contributed by atoms with E-state index in [1.54, 1.807) is 0 Å². The van der Waals surface area contributed by atoms with Gasteiger partial charge < -0.3 is 10.2 Å². The molecule has 25 heavy (non-hydrogen) atoms. The summed E-state index contributed by atoms with van der Waals surface area (Å²) in [7, 11) is 0. The summed E-state index contributed by atoms with van der Waals surface area (Å²) in [6.07, 6.45) is 0.620. The maximum Gasteiger partial charge on any atom is 0.260 e. The summed E-state index contributed by atoms with van der Waals surface area (Å²) in [4.78, 5) is 27.5. The van der Waals surface area contributed by atoms with Crippen molar-refractivity contribution in [3.05, 3.63) is 29.8 Å². The summed E-state index contributed by atoms with van der Waals surface area (Å²) in [5, 5.41) is 2.85. The van der Waals surface area contributed by atoms with Crippen molar-refractivity contribution in [2.24, 2.45) is 5.92 Å². The normalized spacial score (nSPS) is 22.5. The van der Waals surface area contributed by atoms with Crippen molar-refractivity contribution in [2.45, 2.75) is 25.7 Å². The third-order valence-electron chi connectivity index (χ3n) is 4.82. The van der Waals surface area contributed by atoms with Crippen LogP contribution in [0.25, 0.3) is 0 Å². The van der Waals surface area contributed by atoms with Gasteiger partial charge in [0.05, 0.1) is 6.54 Å². The second kappa shape index (κ2) is 7.07. The number of alkyl halides is 2. The largest absolute Gasteiger partial charge is 0.340 e. The molecular formula is C18H23F2N3O2. The molecule has 1 aliphatic carbocycles. The number of amides is 2. The molecule has 0 aromatic heterocycles. The van der Waals surface area contributed by atoms with Gasteiger partial charge in [-0.05, 0) is 24.1 Å². The predicted molar refractivity (Wildman–Crippen MR) is 90.5 cm³/mol. The lowest BCUT2D eigenvalue weighted by Crippen LogP contribution is -2.51. The van der Waals surface area contributed by atoms with E-state index in [0.29, 0.717) is 26.2 Å². The van der Waals surface area contributed by atoms with Crippen LogP contribution in [0.1, 0.15) is 18.9 Å². The average Bonchev–Trinajstić information content (AvgIpc) is 3.24. The smallest absolute Gasteiger partial charge is 0.260 e. The summed E-state index contributed by atoms with van der Waals surface area (Å²) in [6, 6.07) is 7.72. The maximum atomic E-state index is 13.0. The van der Waals surface area contributed by atoms with Gasteiger partial charge in [0.1, 0.15) is 5.92 Å². The highest BCUT2D eigenvalue weighted by atomic mass is 19.3. The van der Waals surface area contributed by atoms with Crippen LogP contribution in [0.15, 0.2) is 24.3 Å². The summed E-state index contributed by atoms with van der Waals surface area (Å²) < 4.78 is 26.0. The third-order valence-corrected chi connectivity index (χ3v) is 4.82. The van der Waals surface area contributed by atoms with E-state index in [9.17, 15) is 18.4 Å². The molecule has 0 bridgehead atoms. The fourth-order valence-electron chi connectivity index (χ4n) is 3.06. The fraction of sp³-hybridized carbons (Fsp3) is 0.556. The van der Waals surface area contributed by atoms with Gasteiger partial charge >= 0.3 is 0 Å². The molecule has 1 aromatic rings. The number of hydrogen-bond donors (Lipinski definition) is 1. The van der Waals surface area contributed by atoms with Crippen LogP contribution in [-0.2, 0) is 16.0 Å². The van der Waals surface area contributed by atoms with Crippen molar-refractivity contribution in [3.8, 4) is 0 Å². The molecule has 0 radical (unpaired) electrons. The summed E-state index contributed by atoms with van der Waals surface area (Å²) in [5.74, 6) is -4.52. The first-order chi connectivity index (χ1) is 11.9. The van der Waals surface area contributed by atoms with Gasteiger partial charge in [0, 0.05) is 38.3 Å². The maximum absolute atomic E-state index is 13.0. The molecule has 1 saturated carbocycles. The molecule has 1 aromatic carbocycles. The Balaban J connectivity index is 1.42. The van der Waals surface area contributed by atoms with Crippen molar-refractivity contribution in [1.82, 2.24) is 9.80 Å². The number of carbonyl (C=O) groups is 2. The molecule has 3 rings (SSSR count). The van der Waals surface area contributed by atoms with E-state index in [1.807, 2.05) is 29.2 Å². The average molecular weight is 351 g/mol. The molecule has 2 aliphatic rings. The molecular weight excluding hydrogens is 328 g/mol. The van der Waals surface area contributed by atoms with Gasteiger partial charge in [-0.25, -0.2) is 8.78 Å². The number of hydrogen-bond acceptors (Lipinski definition) is 3. The van der Waals surface area contributed by atoms with E-state index in [0.717, 1.165) is 12.1 Å². The second-order valence-corrected chi connectivity index (χ2v) is 6.72. The van der Waals surface area contributed by atoms with Crippen LogP contribution in [0, 0.1) is 5.92 Å². The monoisotopic (exact) mass is 351 g/mol. The van der Waals surface area contributed by atoms with Crippen LogP contribution in [0.5, 0.6) is 0 Å². The van der Waals surface area contributed by atoms with Crippen molar-refractivity contribution >= 4 is 17.5 Å². The van der Waals surface area contributed by atoms with Gasteiger partial charge in [0.15, 0.2) is 0 Å². The van der Waals surface area contributed by atoms with E-state index in [1.165, 1.54) is 10.5 Å². The van der Waals surface area contributed by atoms with E-state index in [-0.39, 0.29) is 18.9 Å². The van der Waals surface area contributed by atoms with Gasteiger partial charge in [-0.15, -0.1) is 0 Å². The summed E-state index contributed by atoms with van der Waals surface area (Å²) in [5.41, 5.74) is 1.96. The number of aryl methyl sites for hydroxylation is 1. The van der Waals surface area contributed by atoms with Gasteiger partial charge in [-0.3, -0.25) is 14.5 Å². The topological polar surface area (TPSA) is 52.7 Å². The number of halogens is 2. The van der Waals surface area contributed by atoms with Crippen LogP contribution in [0.3, 0.4) is 0 Å². The number of anilines is 1. The van der Waals surface area contributed by atoms with Gasteiger partial charge in [-0.1, -0.05) is 19.1 Å². The van der Waals surface area contributed by atoms with Crippen LogP contribution in [-0.4, -0.2) is 60.3 Å². The number of nitrogens with one attached hydrogen (secondary N) is 1. The first kappa shape index (κ1) is 17.8. The van der Waals surface area contributed by atoms with Gasteiger partial charge in [0.25, 0.3) is 5.92 Å². The lowest BCUT2D eigenvalue weighted by Gasteiger charge is -2.34. The standard InChI is InChI=1S/C18H23F2N3O2/c1-2-13-3-5-14(6-4-13)21-16(24)12-22-7-9-23(10-8-22)17(25)15-11-18(15,19)20/h3-6,15H,2,7-12H2,1H3,(H,21,24). The summed E-state index contributed by atoms with van der Waals surface area (Å²) in [6.45, 7) is 4.13. The molecule has 0 spiro atoms. The van der Waals surface area contributed by atoms with Gasteiger partial charge in [-0.2, -0.15) is 0 Å². The van der Waals surface area contributed by atoms with Crippen molar-refractivity contribution in [2.75, 3.05) is 38.0 Å². The molecule has 136 valence electrons. The lowest BCUT2D eigenvalue weighted by atomic mass is 10.1. The molecule has 1 saturated heterocycles. The Labute approximate surface area is 146 Å². The number of nitrogens with zero attached hydrogens (tertiary/aromatic N) is 2. The number of piperazine rings is 1. The SMILES string of the molecule is CCc1ccc(NC(=O)CN2CCN(C(=O)C3CC3(F)F)CC2)cc1. The Hall–Kier alpha value is -2.02. The minimum absolute atomic E-state index is 0.113. The van der Waals surface area contributed by atoms with Crippen molar-refractivity contribution in [3.63, 3.8) is 0 Å². The highest BCUT2D eigenvalue weighted by molar-refractivity contribution is 5.92.